The molecule has 0 atom stereocenters. The van der Waals surface area contributed by atoms with Crippen molar-refractivity contribution in [3.8, 4) is 0 Å². The minimum atomic E-state index is -0.316. The van der Waals surface area contributed by atoms with Gasteiger partial charge < -0.3 is 9.15 Å². The van der Waals surface area contributed by atoms with Gasteiger partial charge in [-0.2, -0.15) is 0 Å². The van der Waals surface area contributed by atoms with Crippen LogP contribution in [-0.2, 0) is 16.0 Å². The quantitative estimate of drug-likeness (QED) is 0.625. The van der Waals surface area contributed by atoms with Gasteiger partial charge in [-0.1, -0.05) is 15.9 Å². The zero-order valence-electron chi connectivity index (χ0n) is 8.75. The van der Waals surface area contributed by atoms with Crippen LogP contribution in [0.15, 0.2) is 27.1 Å². The topological polar surface area (TPSA) is 39.4 Å². The van der Waals surface area contributed by atoms with Gasteiger partial charge in [0, 0.05) is 6.42 Å². The highest BCUT2D eigenvalue weighted by Crippen LogP contribution is 2.14. The molecule has 0 aliphatic rings. The van der Waals surface area contributed by atoms with Crippen LogP contribution in [0.5, 0.6) is 0 Å². The largest absolute Gasteiger partial charge is 0.466 e. The monoisotopic (exact) mass is 272 g/mol. The Labute approximate surface area is 97.2 Å². The van der Waals surface area contributed by atoms with Gasteiger partial charge in [0.25, 0.3) is 0 Å². The first kappa shape index (κ1) is 12.0. The Morgan fingerprint density at radius 3 is 2.80 bits per heavy atom. The van der Waals surface area contributed by atoms with Crippen LogP contribution >= 0.6 is 15.9 Å². The fourth-order valence-electron chi connectivity index (χ4n) is 1.15. The molecule has 1 aromatic rings. The van der Waals surface area contributed by atoms with E-state index in [4.69, 9.17) is 9.15 Å². The van der Waals surface area contributed by atoms with Gasteiger partial charge in [0.15, 0.2) is 0 Å². The summed E-state index contributed by atoms with van der Waals surface area (Å²) in [6.07, 6.45) is 0.442. The Kier molecular flexibility index (Phi) is 4.62. The highest BCUT2D eigenvalue weighted by atomic mass is 79.9. The van der Waals surface area contributed by atoms with E-state index < -0.39 is 0 Å². The van der Waals surface area contributed by atoms with Gasteiger partial charge in [-0.3, -0.25) is 0 Å². The van der Waals surface area contributed by atoms with Crippen molar-refractivity contribution in [2.24, 2.45) is 0 Å². The summed E-state index contributed by atoms with van der Waals surface area (Å²) in [5.41, 5.74) is 0.547. The van der Waals surface area contributed by atoms with Crippen LogP contribution in [0.3, 0.4) is 0 Å². The first-order valence-electron chi connectivity index (χ1n) is 4.69. The third-order valence-electron chi connectivity index (χ3n) is 1.83. The lowest BCUT2D eigenvalue weighted by Gasteiger charge is -2.03. The third-order valence-corrected chi connectivity index (χ3v) is 2.38. The van der Waals surface area contributed by atoms with Gasteiger partial charge in [0.2, 0.25) is 0 Å². The second-order valence-corrected chi connectivity index (χ2v) is 3.50. The molecule has 1 rings (SSSR count). The van der Waals surface area contributed by atoms with Gasteiger partial charge in [0.1, 0.15) is 11.5 Å². The minimum Gasteiger partial charge on any atom is -0.466 e. The lowest BCUT2D eigenvalue weighted by molar-refractivity contribution is -0.138. The average molecular weight is 273 g/mol. The number of rotatable bonds is 4. The highest BCUT2D eigenvalue weighted by Gasteiger charge is 2.12. The zero-order chi connectivity index (χ0) is 11.3. The summed E-state index contributed by atoms with van der Waals surface area (Å²) >= 11 is 3.15. The Morgan fingerprint density at radius 1 is 1.60 bits per heavy atom. The number of hydrogen-bond donors (Lipinski definition) is 0. The van der Waals surface area contributed by atoms with Crippen molar-refractivity contribution in [3.63, 3.8) is 0 Å². The number of halogens is 1. The summed E-state index contributed by atoms with van der Waals surface area (Å²) in [5.74, 6) is 1.28. The molecular formula is C11H13BrO3. The van der Waals surface area contributed by atoms with Crippen molar-refractivity contribution in [3.05, 3.63) is 34.2 Å². The van der Waals surface area contributed by atoms with Crippen LogP contribution < -0.4 is 0 Å². The van der Waals surface area contributed by atoms with Crippen LogP contribution in [0, 0.1) is 6.92 Å². The van der Waals surface area contributed by atoms with Crippen molar-refractivity contribution in [1.82, 2.24) is 0 Å². The molecule has 15 heavy (non-hydrogen) atoms. The third kappa shape index (κ3) is 3.55. The molecule has 0 radical (unpaired) electrons. The number of aryl methyl sites for hydroxylation is 1. The van der Waals surface area contributed by atoms with Crippen molar-refractivity contribution in [2.45, 2.75) is 20.3 Å². The highest BCUT2D eigenvalue weighted by molar-refractivity contribution is 9.11. The van der Waals surface area contributed by atoms with E-state index >= 15 is 0 Å². The van der Waals surface area contributed by atoms with Crippen molar-refractivity contribution in [2.75, 3.05) is 6.61 Å². The Hall–Kier alpha value is -1.03. The van der Waals surface area contributed by atoms with Gasteiger partial charge in [-0.05, 0) is 31.0 Å². The maximum atomic E-state index is 11.4. The summed E-state index contributed by atoms with van der Waals surface area (Å²) in [6, 6.07) is 3.72. The summed E-state index contributed by atoms with van der Waals surface area (Å²) < 4.78 is 10.3. The predicted molar refractivity (Wildman–Crippen MR) is 60.8 cm³/mol. The van der Waals surface area contributed by atoms with Gasteiger partial charge in [-0.15, -0.1) is 0 Å². The van der Waals surface area contributed by atoms with E-state index in [-0.39, 0.29) is 5.97 Å². The van der Waals surface area contributed by atoms with E-state index in [1.807, 2.05) is 19.1 Å². The molecular weight excluding hydrogens is 260 g/mol. The second-order valence-electron chi connectivity index (χ2n) is 3.04. The molecule has 3 nitrogen and oxygen atoms in total. The van der Waals surface area contributed by atoms with E-state index in [9.17, 15) is 4.79 Å². The molecule has 0 aliphatic carbocycles. The van der Waals surface area contributed by atoms with Crippen LogP contribution in [0.4, 0.5) is 0 Å². The summed E-state index contributed by atoms with van der Waals surface area (Å²) in [7, 11) is 0. The van der Waals surface area contributed by atoms with E-state index in [0.717, 1.165) is 11.5 Å². The molecule has 0 saturated carbocycles. The first-order chi connectivity index (χ1) is 7.17. The molecule has 0 aliphatic heterocycles. The molecule has 0 N–H and O–H groups in total. The Morgan fingerprint density at radius 2 is 2.33 bits per heavy atom. The maximum absolute atomic E-state index is 11.4. The van der Waals surface area contributed by atoms with E-state index in [1.54, 1.807) is 11.9 Å². The molecule has 0 aromatic carbocycles. The normalized spacial score (nSPS) is 11.5. The molecule has 0 spiro atoms. The lowest BCUT2D eigenvalue weighted by Crippen LogP contribution is -2.09. The van der Waals surface area contributed by atoms with E-state index in [1.165, 1.54) is 0 Å². The maximum Gasteiger partial charge on any atom is 0.334 e. The molecule has 0 bridgehead atoms. The SMILES string of the molecule is CCOC(=O)C(=CBr)Cc1ccc(C)o1. The zero-order valence-corrected chi connectivity index (χ0v) is 10.3. The number of ether oxygens (including phenoxy) is 1. The fraction of sp³-hybridized carbons (Fsp3) is 0.364. The number of hydrogen-bond acceptors (Lipinski definition) is 3. The molecule has 0 amide bonds. The molecule has 0 unspecified atom stereocenters. The first-order valence-corrected chi connectivity index (χ1v) is 5.60. The smallest absolute Gasteiger partial charge is 0.334 e. The van der Waals surface area contributed by atoms with Crippen LogP contribution in [0.2, 0.25) is 0 Å². The Balaban J connectivity index is 2.66. The standard InChI is InChI=1S/C11H13BrO3/c1-3-14-11(13)9(7-12)6-10-5-4-8(2)15-10/h4-5,7H,3,6H2,1-2H3. The van der Waals surface area contributed by atoms with E-state index in [0.29, 0.717) is 18.6 Å². The molecule has 0 fully saturated rings. The van der Waals surface area contributed by atoms with Crippen molar-refractivity contribution >= 4 is 21.9 Å². The fourth-order valence-corrected chi connectivity index (χ4v) is 1.50. The van der Waals surface area contributed by atoms with Gasteiger partial charge in [-0.25, -0.2) is 4.79 Å². The predicted octanol–water partition coefficient (Wildman–Crippen LogP) is 2.97. The summed E-state index contributed by atoms with van der Waals surface area (Å²) in [5, 5.41) is 0. The van der Waals surface area contributed by atoms with Crippen molar-refractivity contribution in [1.29, 1.82) is 0 Å². The van der Waals surface area contributed by atoms with Gasteiger partial charge in [0.05, 0.1) is 12.2 Å². The van der Waals surface area contributed by atoms with Crippen LogP contribution in [0.25, 0.3) is 0 Å². The number of carbonyl (C=O) groups is 1. The second kappa shape index (κ2) is 5.75. The Bertz CT molecular complexity index is 366. The molecule has 1 heterocycles. The molecule has 82 valence electrons. The summed E-state index contributed by atoms with van der Waals surface area (Å²) in [4.78, 5) is 13.0. The van der Waals surface area contributed by atoms with Gasteiger partial charge >= 0.3 is 5.97 Å². The number of esters is 1. The van der Waals surface area contributed by atoms with Crippen LogP contribution in [-0.4, -0.2) is 12.6 Å². The molecule has 4 heteroatoms. The van der Waals surface area contributed by atoms with E-state index in [2.05, 4.69) is 15.9 Å². The molecule has 0 saturated heterocycles. The average Bonchev–Trinajstić information content (AvgIpc) is 2.61. The lowest BCUT2D eigenvalue weighted by atomic mass is 10.2. The number of carbonyl (C=O) groups excluding carboxylic acids is 1. The molecule has 1 aromatic heterocycles. The van der Waals surface area contributed by atoms with Crippen LogP contribution in [0.1, 0.15) is 18.4 Å². The van der Waals surface area contributed by atoms with Crippen molar-refractivity contribution < 1.29 is 13.9 Å². The number of furan rings is 1. The summed E-state index contributed by atoms with van der Waals surface area (Å²) in [6.45, 7) is 4.02. The minimum absolute atomic E-state index is 0.316.